The van der Waals surface area contributed by atoms with E-state index in [1.807, 2.05) is 15.9 Å². The van der Waals surface area contributed by atoms with Gasteiger partial charge >= 0.3 is 0 Å². The quantitative estimate of drug-likeness (QED) is 0.406. The molecule has 4 aromatic rings. The van der Waals surface area contributed by atoms with Gasteiger partial charge in [-0.25, -0.2) is 9.50 Å². The zero-order chi connectivity index (χ0) is 24.5. The number of fused-ring (bicyclic) bond motifs is 2. The number of hydrogen-bond acceptors (Lipinski definition) is 5. The minimum Gasteiger partial charge on any atom is -0.369 e. The smallest absolute Gasteiger partial charge is 0.231 e. The second-order valence-electron chi connectivity index (χ2n) is 11.2. The van der Waals surface area contributed by atoms with Crippen molar-refractivity contribution >= 4 is 33.1 Å². The molecule has 1 saturated carbocycles. The van der Waals surface area contributed by atoms with Gasteiger partial charge in [0.15, 0.2) is 5.65 Å². The van der Waals surface area contributed by atoms with Crippen LogP contribution < -0.4 is 5.73 Å². The average Bonchev–Trinajstić information content (AvgIpc) is 3.46. The number of aromatic nitrogens is 4. The molecule has 0 atom stereocenters. The van der Waals surface area contributed by atoms with Crippen molar-refractivity contribution < 1.29 is 4.79 Å². The highest BCUT2D eigenvalue weighted by Gasteiger charge is 2.48. The van der Waals surface area contributed by atoms with E-state index in [4.69, 9.17) is 5.73 Å². The van der Waals surface area contributed by atoms with Gasteiger partial charge in [-0.15, -0.1) is 11.3 Å². The number of nitrogens with zero attached hydrogens (tertiary/aromatic N) is 4. The molecule has 0 radical (unpaired) electrons. The molecule has 6 rings (SSSR count). The Balaban J connectivity index is 1.33. The second-order valence-corrected chi connectivity index (χ2v) is 12.2. The van der Waals surface area contributed by atoms with Gasteiger partial charge in [0.1, 0.15) is 11.2 Å². The molecule has 1 amide bonds. The number of rotatable bonds is 5. The third kappa shape index (κ3) is 3.69. The van der Waals surface area contributed by atoms with E-state index in [1.54, 1.807) is 11.2 Å². The maximum atomic E-state index is 11.4. The van der Waals surface area contributed by atoms with Gasteiger partial charge in [-0.3, -0.25) is 9.69 Å². The molecule has 2 fully saturated rings. The lowest BCUT2D eigenvalue weighted by Gasteiger charge is -2.53. The van der Waals surface area contributed by atoms with Gasteiger partial charge in [-0.2, -0.15) is 5.10 Å². The minimum atomic E-state index is -0.212. The summed E-state index contributed by atoms with van der Waals surface area (Å²) in [5.74, 6) is 0.808. The molecule has 5 heterocycles. The summed E-state index contributed by atoms with van der Waals surface area (Å²) in [4.78, 5) is 24.7. The van der Waals surface area contributed by atoms with Crippen molar-refractivity contribution in [3.05, 3.63) is 40.2 Å². The van der Waals surface area contributed by atoms with Gasteiger partial charge in [0.2, 0.25) is 5.91 Å². The molecule has 0 unspecified atom stereocenters. The predicted octanol–water partition coefficient (Wildman–Crippen LogP) is 5.12. The molecule has 8 heteroatoms. The zero-order valence-corrected chi connectivity index (χ0v) is 21.8. The SMILES string of the molecule is Cc1cc(-c2[nH]c3sc([C@H]4C[C@@]5(CCCN(CC(N)=O)C5)C4)c(C)c3c2C(C)C)cn2ncnc12. The number of amides is 1. The summed E-state index contributed by atoms with van der Waals surface area (Å²) in [7, 11) is 0. The molecule has 0 bridgehead atoms. The number of H-pyrrole nitrogens is 1. The fourth-order valence-corrected chi connectivity index (χ4v) is 8.17. The Labute approximate surface area is 209 Å². The van der Waals surface area contributed by atoms with Crippen LogP contribution >= 0.6 is 11.3 Å². The summed E-state index contributed by atoms with van der Waals surface area (Å²) in [5, 5.41) is 5.79. The third-order valence-electron chi connectivity index (χ3n) is 8.24. The van der Waals surface area contributed by atoms with Crippen LogP contribution in [0.2, 0.25) is 0 Å². The van der Waals surface area contributed by atoms with Crippen LogP contribution in [0.4, 0.5) is 0 Å². The number of nitrogens with two attached hydrogens (primary N) is 1. The monoisotopic (exact) mass is 490 g/mol. The molecule has 3 N–H and O–H groups in total. The lowest BCUT2D eigenvalue weighted by atomic mass is 9.58. The zero-order valence-electron chi connectivity index (χ0n) is 21.0. The lowest BCUT2D eigenvalue weighted by Crippen LogP contribution is -2.51. The van der Waals surface area contributed by atoms with Crippen LogP contribution in [0.3, 0.4) is 0 Å². The van der Waals surface area contributed by atoms with E-state index < -0.39 is 0 Å². The number of hydrogen-bond donors (Lipinski definition) is 2. The Morgan fingerprint density at radius 1 is 1.34 bits per heavy atom. The van der Waals surface area contributed by atoms with Gasteiger partial charge in [0.05, 0.1) is 12.2 Å². The van der Waals surface area contributed by atoms with Crippen LogP contribution in [0.5, 0.6) is 0 Å². The lowest BCUT2D eigenvalue weighted by molar-refractivity contribution is -0.120. The average molecular weight is 491 g/mol. The van der Waals surface area contributed by atoms with Crippen LogP contribution in [-0.4, -0.2) is 50.0 Å². The first-order valence-electron chi connectivity index (χ1n) is 12.7. The normalized spacial score (nSPS) is 23.1. The standard InChI is InChI=1S/C27H34N6OS/c1-15(2)21-22-17(4)24(19-9-27(10-19)6-5-7-32(13-27)12-20(28)34)35-26(22)31-23(21)18-8-16(3)25-29-14-30-33(25)11-18/h8,11,14-15,19,31H,5-7,9-10,12-13H2,1-4H3,(H2,28,34)/t19-,27-. The number of thiophene rings is 1. The molecular formula is C27H34N6OS. The van der Waals surface area contributed by atoms with Gasteiger partial charge in [0, 0.05) is 28.6 Å². The van der Waals surface area contributed by atoms with E-state index >= 15 is 0 Å². The maximum Gasteiger partial charge on any atom is 0.231 e. The van der Waals surface area contributed by atoms with Gasteiger partial charge in [-0.05, 0) is 86.1 Å². The molecule has 1 spiro atoms. The highest BCUT2D eigenvalue weighted by Crippen LogP contribution is 2.58. The summed E-state index contributed by atoms with van der Waals surface area (Å²) >= 11 is 1.95. The Bertz CT molecular complexity index is 1440. The maximum absolute atomic E-state index is 11.4. The number of piperidine rings is 1. The van der Waals surface area contributed by atoms with Crippen molar-refractivity contribution in [2.45, 2.75) is 65.2 Å². The number of primary amides is 1. The highest BCUT2D eigenvalue weighted by atomic mass is 32.1. The van der Waals surface area contributed by atoms with Crippen LogP contribution in [0, 0.1) is 19.3 Å². The molecule has 184 valence electrons. The fraction of sp³-hybridized carbons (Fsp3) is 0.519. The number of aromatic amines is 1. The molecule has 4 aromatic heterocycles. The Kier molecular flexibility index (Phi) is 5.30. The third-order valence-corrected chi connectivity index (χ3v) is 9.61. The minimum absolute atomic E-state index is 0.212. The molecule has 7 nitrogen and oxygen atoms in total. The van der Waals surface area contributed by atoms with Crippen LogP contribution in [0.25, 0.3) is 27.1 Å². The molecule has 0 aromatic carbocycles. The van der Waals surface area contributed by atoms with E-state index in [-0.39, 0.29) is 5.91 Å². The van der Waals surface area contributed by atoms with Crippen molar-refractivity contribution in [3.63, 3.8) is 0 Å². The van der Waals surface area contributed by atoms with Gasteiger partial charge < -0.3 is 10.7 Å². The summed E-state index contributed by atoms with van der Waals surface area (Å²) in [6.07, 6.45) is 8.58. The van der Waals surface area contributed by atoms with E-state index in [2.05, 4.69) is 59.9 Å². The molecule has 35 heavy (non-hydrogen) atoms. The highest BCUT2D eigenvalue weighted by molar-refractivity contribution is 7.19. The molecule has 1 aliphatic heterocycles. The van der Waals surface area contributed by atoms with Crippen molar-refractivity contribution in [2.75, 3.05) is 19.6 Å². The van der Waals surface area contributed by atoms with Crippen LogP contribution in [0.1, 0.15) is 72.9 Å². The summed E-state index contributed by atoms with van der Waals surface area (Å²) in [6.45, 7) is 11.4. The van der Waals surface area contributed by atoms with Crippen molar-refractivity contribution in [3.8, 4) is 11.3 Å². The van der Waals surface area contributed by atoms with Gasteiger partial charge in [-0.1, -0.05) is 13.8 Å². The number of pyridine rings is 1. The van der Waals surface area contributed by atoms with E-state index in [1.165, 1.54) is 52.7 Å². The Hall–Kier alpha value is -2.71. The topological polar surface area (TPSA) is 92.3 Å². The van der Waals surface area contributed by atoms with Crippen molar-refractivity contribution in [1.82, 2.24) is 24.5 Å². The molecule has 2 aliphatic rings. The Morgan fingerprint density at radius 3 is 2.89 bits per heavy atom. The predicted molar refractivity (Wildman–Crippen MR) is 141 cm³/mol. The number of carbonyl (C=O) groups excluding carboxylic acids is 1. The number of nitrogens with one attached hydrogen (secondary N) is 1. The summed E-state index contributed by atoms with van der Waals surface area (Å²) in [6, 6.07) is 2.22. The molecular weight excluding hydrogens is 456 g/mol. The fourth-order valence-electron chi connectivity index (χ4n) is 6.84. The molecule has 1 aliphatic carbocycles. The second kappa shape index (κ2) is 8.17. The largest absolute Gasteiger partial charge is 0.369 e. The van der Waals surface area contributed by atoms with Crippen LogP contribution in [-0.2, 0) is 4.79 Å². The summed E-state index contributed by atoms with van der Waals surface area (Å²) < 4.78 is 1.88. The first-order valence-corrected chi connectivity index (χ1v) is 13.5. The first kappa shape index (κ1) is 22.7. The first-order chi connectivity index (χ1) is 16.7. The van der Waals surface area contributed by atoms with Crippen LogP contribution in [0.15, 0.2) is 18.6 Å². The van der Waals surface area contributed by atoms with Gasteiger partial charge in [0.25, 0.3) is 0 Å². The number of likely N-dealkylation sites (tertiary alicyclic amines) is 1. The Morgan fingerprint density at radius 2 is 2.14 bits per heavy atom. The van der Waals surface area contributed by atoms with Crippen molar-refractivity contribution in [2.24, 2.45) is 11.1 Å². The van der Waals surface area contributed by atoms with E-state index in [9.17, 15) is 4.79 Å². The molecule has 1 saturated heterocycles. The number of carbonyl (C=O) groups is 1. The summed E-state index contributed by atoms with van der Waals surface area (Å²) in [5.41, 5.74) is 13.1. The van der Waals surface area contributed by atoms with Crippen molar-refractivity contribution in [1.29, 1.82) is 0 Å². The van der Waals surface area contributed by atoms with E-state index in [0.29, 0.717) is 23.8 Å². The van der Waals surface area contributed by atoms with E-state index in [0.717, 1.165) is 29.9 Å². The number of aryl methyl sites for hydroxylation is 2.